The van der Waals surface area contributed by atoms with Crippen LogP contribution in [0.1, 0.15) is 93.4 Å². The monoisotopic (exact) mass is 590 g/mol. The van der Waals surface area contributed by atoms with Crippen molar-refractivity contribution in [1.82, 2.24) is 0 Å². The van der Waals surface area contributed by atoms with Crippen LogP contribution >= 0.6 is 0 Å². The minimum atomic E-state index is -2.01. The topological polar surface area (TPSA) is 157 Å². The molecule has 0 saturated heterocycles. The Morgan fingerprint density at radius 1 is 1.02 bits per heavy atom. The van der Waals surface area contributed by atoms with E-state index in [0.29, 0.717) is 19.3 Å². The van der Waals surface area contributed by atoms with Crippen molar-refractivity contribution in [2.24, 2.45) is 22.7 Å². The number of Topliss-reactive ketones (excluding diaryl/α,β-unsaturated/α-hetero) is 1. The van der Waals surface area contributed by atoms with Gasteiger partial charge in [0.25, 0.3) is 0 Å². The molecule has 0 bridgehead atoms. The maximum Gasteiger partial charge on any atom is 0.344 e. The lowest BCUT2D eigenvalue weighted by Crippen LogP contribution is -2.78. The molecule has 8 atom stereocenters. The van der Waals surface area contributed by atoms with Crippen LogP contribution in [-0.4, -0.2) is 74.6 Å². The summed E-state index contributed by atoms with van der Waals surface area (Å²) in [6.45, 7) is 11.3. The Hall–Kier alpha value is -2.56. The Morgan fingerprint density at radius 2 is 1.69 bits per heavy atom. The van der Waals surface area contributed by atoms with Gasteiger partial charge in [-0.15, -0.1) is 0 Å². The van der Waals surface area contributed by atoms with Crippen molar-refractivity contribution < 1.29 is 48.7 Å². The lowest BCUT2D eigenvalue weighted by Gasteiger charge is -2.67. The van der Waals surface area contributed by atoms with Gasteiger partial charge in [-0.25, -0.2) is 9.59 Å². The average Bonchev–Trinajstić information content (AvgIpc) is 3.13. The molecule has 0 amide bonds. The molecule has 3 fully saturated rings. The average molecular weight is 591 g/mol. The first-order chi connectivity index (χ1) is 19.4. The van der Waals surface area contributed by atoms with Gasteiger partial charge in [0.2, 0.25) is 0 Å². The minimum Gasteiger partial charge on any atom is -0.460 e. The minimum absolute atomic E-state index is 0.0445. The quantitative estimate of drug-likeness (QED) is 0.174. The first kappa shape index (κ1) is 32.4. The van der Waals surface area contributed by atoms with Crippen molar-refractivity contribution in [2.45, 2.75) is 122 Å². The molecule has 4 aliphatic carbocycles. The van der Waals surface area contributed by atoms with Gasteiger partial charge in [-0.3, -0.25) is 9.59 Å². The lowest BCUT2D eigenvalue weighted by atomic mass is 9.42. The van der Waals surface area contributed by atoms with Gasteiger partial charge >= 0.3 is 17.9 Å². The summed E-state index contributed by atoms with van der Waals surface area (Å²) < 4.78 is 16.4. The molecule has 10 nitrogen and oxygen atoms in total. The summed E-state index contributed by atoms with van der Waals surface area (Å²) in [6.07, 6.45) is 3.22. The van der Waals surface area contributed by atoms with Crippen LogP contribution in [0.15, 0.2) is 23.3 Å². The molecule has 0 spiro atoms. The number of ketones is 1. The zero-order valence-corrected chi connectivity index (χ0v) is 25.8. The van der Waals surface area contributed by atoms with Gasteiger partial charge in [0.05, 0.1) is 5.41 Å². The van der Waals surface area contributed by atoms with Crippen LogP contribution in [0.4, 0.5) is 0 Å². The van der Waals surface area contributed by atoms with Gasteiger partial charge in [-0.05, 0) is 70.6 Å². The van der Waals surface area contributed by atoms with Crippen LogP contribution in [0.5, 0.6) is 0 Å². The fourth-order valence-corrected chi connectivity index (χ4v) is 8.36. The van der Waals surface area contributed by atoms with E-state index >= 15 is 0 Å². The lowest BCUT2D eigenvalue weighted by molar-refractivity contribution is -0.314. The highest BCUT2D eigenvalue weighted by atomic mass is 16.6. The first-order valence-electron chi connectivity index (χ1n) is 14.9. The van der Waals surface area contributed by atoms with E-state index in [1.165, 1.54) is 19.9 Å². The molecule has 0 aromatic carbocycles. The summed E-state index contributed by atoms with van der Waals surface area (Å²) >= 11 is 0. The van der Waals surface area contributed by atoms with Crippen LogP contribution in [0, 0.1) is 22.7 Å². The summed E-state index contributed by atoms with van der Waals surface area (Å²) in [7, 11) is 0. The van der Waals surface area contributed by atoms with E-state index < -0.39 is 76.1 Å². The molecule has 0 heterocycles. The molecule has 42 heavy (non-hydrogen) atoms. The Bertz CT molecular complexity index is 1220. The molecule has 10 heteroatoms. The molecule has 1 unspecified atom stereocenters. The van der Waals surface area contributed by atoms with E-state index in [9.17, 15) is 34.5 Å². The summed E-state index contributed by atoms with van der Waals surface area (Å²) in [6, 6.07) is 0. The summed E-state index contributed by atoms with van der Waals surface area (Å²) in [4.78, 5) is 49.4. The van der Waals surface area contributed by atoms with E-state index in [0.717, 1.165) is 11.1 Å². The second kappa shape index (κ2) is 10.9. The van der Waals surface area contributed by atoms with E-state index in [2.05, 4.69) is 0 Å². The Kier molecular flexibility index (Phi) is 8.37. The Balaban J connectivity index is 1.71. The van der Waals surface area contributed by atoms with Crippen molar-refractivity contribution >= 4 is 23.7 Å². The van der Waals surface area contributed by atoms with Crippen molar-refractivity contribution in [3.8, 4) is 0 Å². The fraction of sp³-hybridized carbons (Fsp3) is 0.750. The second-order valence-electron chi connectivity index (χ2n) is 13.6. The third kappa shape index (κ3) is 4.74. The standard InChI is InChI=1S/C32H46O10/c1-18(2)19(3)14-26(35)42-25-16-24-28(6)10-9-23(41-27(36)17-40-21(5)34)15-22(28)8-11-31(24,38)32(39)13-12-30(37,20(4)33)29(25,32)7/h8,14,18,23-25,37-39H,9-13,15-17H2,1-7H3/b19-14+/t23-,24?,25+,28-,29+,30+,31-,32+/m0/s1. The third-order valence-corrected chi connectivity index (χ3v) is 11.3. The number of carbonyl (C=O) groups excluding carboxylic acids is 4. The van der Waals surface area contributed by atoms with Crippen LogP contribution in [0.25, 0.3) is 0 Å². The van der Waals surface area contributed by atoms with Gasteiger partial charge in [0.15, 0.2) is 12.4 Å². The Morgan fingerprint density at radius 3 is 2.29 bits per heavy atom. The molecule has 234 valence electrons. The Labute approximate surface area is 247 Å². The molecule has 3 N–H and O–H groups in total. The van der Waals surface area contributed by atoms with Crippen LogP contribution < -0.4 is 0 Å². The van der Waals surface area contributed by atoms with Crippen LogP contribution in [0.3, 0.4) is 0 Å². The van der Waals surface area contributed by atoms with Crippen LogP contribution in [0.2, 0.25) is 0 Å². The third-order valence-electron chi connectivity index (χ3n) is 11.3. The predicted molar refractivity (Wildman–Crippen MR) is 151 cm³/mol. The molecular formula is C32H46O10. The fourth-order valence-electron chi connectivity index (χ4n) is 8.36. The second-order valence-corrected chi connectivity index (χ2v) is 13.6. The molecule has 4 rings (SSSR count). The van der Waals surface area contributed by atoms with Gasteiger partial charge in [0, 0.05) is 25.3 Å². The molecule has 0 aromatic heterocycles. The molecular weight excluding hydrogens is 544 g/mol. The highest BCUT2D eigenvalue weighted by molar-refractivity contribution is 5.87. The van der Waals surface area contributed by atoms with Gasteiger partial charge < -0.3 is 29.5 Å². The SMILES string of the molecule is CC(=O)OCC(=O)O[C@H]1CC[C@@]2(C)C(=CC[C@]3(O)C2C[C@@H](OC(=O)/C=C(\C)C(C)C)[C@@]2(C)[C@]3(O)CC[C@@]2(O)C(C)=O)C1. The van der Waals surface area contributed by atoms with Gasteiger partial charge in [-0.2, -0.15) is 0 Å². The number of allylic oxidation sites excluding steroid dienone is 1. The zero-order chi connectivity index (χ0) is 31.5. The number of hydrogen-bond acceptors (Lipinski definition) is 10. The van der Waals surface area contributed by atoms with Gasteiger partial charge in [0.1, 0.15) is 29.0 Å². The number of esters is 3. The van der Waals surface area contributed by atoms with E-state index in [-0.39, 0.29) is 31.6 Å². The molecule has 4 aliphatic rings. The van der Waals surface area contributed by atoms with Crippen molar-refractivity contribution in [3.05, 3.63) is 23.3 Å². The van der Waals surface area contributed by atoms with E-state index in [4.69, 9.17) is 14.2 Å². The number of fused-ring (bicyclic) bond motifs is 5. The van der Waals surface area contributed by atoms with Gasteiger partial charge in [-0.1, -0.05) is 38.0 Å². The first-order valence-corrected chi connectivity index (χ1v) is 14.9. The summed E-state index contributed by atoms with van der Waals surface area (Å²) in [5, 5.41) is 36.9. The number of carbonyl (C=O) groups is 4. The van der Waals surface area contributed by atoms with E-state index in [1.54, 1.807) is 6.92 Å². The molecule has 0 radical (unpaired) electrons. The normalized spacial score (nSPS) is 41.2. The van der Waals surface area contributed by atoms with Crippen LogP contribution in [-0.2, 0) is 33.4 Å². The number of hydrogen-bond donors (Lipinski definition) is 3. The zero-order valence-electron chi connectivity index (χ0n) is 25.8. The largest absolute Gasteiger partial charge is 0.460 e. The number of rotatable bonds is 7. The smallest absolute Gasteiger partial charge is 0.344 e. The summed E-state index contributed by atoms with van der Waals surface area (Å²) in [5.74, 6) is -2.87. The molecule has 3 saturated carbocycles. The van der Waals surface area contributed by atoms with E-state index in [1.807, 2.05) is 33.8 Å². The van der Waals surface area contributed by atoms with Crippen molar-refractivity contribution in [3.63, 3.8) is 0 Å². The molecule has 0 aliphatic heterocycles. The maximum absolute atomic E-state index is 13.2. The summed E-state index contributed by atoms with van der Waals surface area (Å²) in [5.41, 5.74) is -6.22. The van der Waals surface area contributed by atoms with Crippen molar-refractivity contribution in [2.75, 3.05) is 6.61 Å². The predicted octanol–water partition coefficient (Wildman–Crippen LogP) is 3.10. The highest BCUT2D eigenvalue weighted by Crippen LogP contribution is 2.71. The highest BCUT2D eigenvalue weighted by Gasteiger charge is 2.81. The number of ether oxygens (including phenoxy) is 3. The molecule has 0 aromatic rings. The van der Waals surface area contributed by atoms with Crippen molar-refractivity contribution in [1.29, 1.82) is 0 Å². The number of aliphatic hydroxyl groups is 3. The maximum atomic E-state index is 13.2.